The number of rotatable bonds is 1. The van der Waals surface area contributed by atoms with Gasteiger partial charge in [-0.1, -0.05) is 0 Å². The number of halogens is 2. The fourth-order valence-corrected chi connectivity index (χ4v) is 2.62. The summed E-state index contributed by atoms with van der Waals surface area (Å²) in [6.07, 6.45) is 3.38. The van der Waals surface area contributed by atoms with E-state index in [2.05, 4.69) is 15.0 Å². The fraction of sp³-hybridized carbons (Fsp3) is 0.0667. The number of hydrogen-bond acceptors (Lipinski definition) is 3. The Morgan fingerprint density at radius 1 is 1.18 bits per heavy atom. The predicted octanol–water partition coefficient (Wildman–Crippen LogP) is 2.98. The van der Waals surface area contributed by atoms with Crippen LogP contribution in [0.25, 0.3) is 33.3 Å². The van der Waals surface area contributed by atoms with E-state index in [0.717, 1.165) is 11.5 Å². The molecule has 0 aliphatic heterocycles. The molecule has 0 aliphatic rings. The van der Waals surface area contributed by atoms with Crippen LogP contribution >= 0.6 is 0 Å². The maximum Gasteiger partial charge on any atom is 0.166 e. The predicted molar refractivity (Wildman–Crippen MR) is 80.1 cm³/mol. The lowest BCUT2D eigenvalue weighted by Gasteiger charge is -2.03. The number of benzene rings is 1. The topological polar surface area (TPSA) is 72.5 Å². The average molecular weight is 299 g/mol. The Morgan fingerprint density at radius 2 is 2.00 bits per heavy atom. The molecule has 4 rings (SSSR count). The van der Waals surface area contributed by atoms with E-state index in [0.29, 0.717) is 28.2 Å². The van der Waals surface area contributed by atoms with Crippen LogP contribution in [0.1, 0.15) is 0 Å². The summed E-state index contributed by atoms with van der Waals surface area (Å²) < 4.78 is 29.1. The highest BCUT2D eigenvalue weighted by Gasteiger charge is 2.16. The summed E-state index contributed by atoms with van der Waals surface area (Å²) in [5.41, 5.74) is 7.33. The molecule has 0 saturated heterocycles. The minimum Gasteiger partial charge on any atom is -0.383 e. The van der Waals surface area contributed by atoms with Gasteiger partial charge in [0.25, 0.3) is 0 Å². The van der Waals surface area contributed by atoms with E-state index in [9.17, 15) is 8.78 Å². The lowest BCUT2D eigenvalue weighted by Crippen LogP contribution is -1.98. The highest BCUT2D eigenvalue weighted by atomic mass is 19.1. The van der Waals surface area contributed by atoms with Crippen molar-refractivity contribution in [2.45, 2.75) is 0 Å². The molecule has 0 unspecified atom stereocenters. The SMILES string of the molecule is Cn1ccc2c(N)nc(-c3c[nH]c4c(F)cc(F)cc34)nc21. The molecule has 0 spiro atoms. The monoisotopic (exact) mass is 299 g/mol. The molecule has 0 radical (unpaired) electrons. The van der Waals surface area contributed by atoms with Crippen LogP contribution in [-0.2, 0) is 7.05 Å². The second kappa shape index (κ2) is 4.27. The smallest absolute Gasteiger partial charge is 0.166 e. The Kier molecular flexibility index (Phi) is 2.47. The summed E-state index contributed by atoms with van der Waals surface area (Å²) in [7, 11) is 1.84. The summed E-state index contributed by atoms with van der Waals surface area (Å²) in [6, 6.07) is 3.90. The highest BCUT2D eigenvalue weighted by molar-refractivity contribution is 5.96. The maximum atomic E-state index is 13.8. The van der Waals surface area contributed by atoms with Crippen LogP contribution in [0.2, 0.25) is 0 Å². The Hall–Kier alpha value is -2.96. The number of nitrogens with two attached hydrogens (primary N) is 1. The second-order valence-corrected chi connectivity index (χ2v) is 5.11. The van der Waals surface area contributed by atoms with Crippen molar-refractivity contribution < 1.29 is 8.78 Å². The Morgan fingerprint density at radius 3 is 2.82 bits per heavy atom. The van der Waals surface area contributed by atoms with Gasteiger partial charge in [-0.15, -0.1) is 0 Å². The molecule has 3 heterocycles. The number of aryl methyl sites for hydroxylation is 1. The molecule has 3 aromatic heterocycles. The van der Waals surface area contributed by atoms with Gasteiger partial charge in [-0.3, -0.25) is 0 Å². The van der Waals surface area contributed by atoms with Gasteiger partial charge in [0, 0.05) is 36.5 Å². The third-order valence-corrected chi connectivity index (χ3v) is 3.70. The number of anilines is 1. The number of aromatic nitrogens is 4. The van der Waals surface area contributed by atoms with Gasteiger partial charge in [-0.05, 0) is 12.1 Å². The maximum absolute atomic E-state index is 13.8. The molecule has 22 heavy (non-hydrogen) atoms. The van der Waals surface area contributed by atoms with Gasteiger partial charge in [0.05, 0.1) is 10.9 Å². The van der Waals surface area contributed by atoms with E-state index in [1.165, 1.54) is 6.07 Å². The number of fused-ring (bicyclic) bond motifs is 2. The number of hydrogen-bond donors (Lipinski definition) is 2. The van der Waals surface area contributed by atoms with Gasteiger partial charge >= 0.3 is 0 Å². The van der Waals surface area contributed by atoms with E-state index < -0.39 is 11.6 Å². The number of aromatic amines is 1. The first-order valence-corrected chi connectivity index (χ1v) is 6.59. The molecular weight excluding hydrogens is 288 g/mol. The molecule has 0 amide bonds. The van der Waals surface area contributed by atoms with Crippen molar-refractivity contribution in [3.63, 3.8) is 0 Å². The zero-order valence-corrected chi connectivity index (χ0v) is 11.6. The van der Waals surface area contributed by atoms with E-state index in [-0.39, 0.29) is 5.52 Å². The minimum absolute atomic E-state index is 0.213. The zero-order valence-electron chi connectivity index (χ0n) is 11.6. The van der Waals surface area contributed by atoms with Crippen molar-refractivity contribution in [1.29, 1.82) is 0 Å². The first-order valence-electron chi connectivity index (χ1n) is 6.59. The average Bonchev–Trinajstić information content (AvgIpc) is 3.04. The lowest BCUT2D eigenvalue weighted by molar-refractivity contribution is 0.591. The Labute approximate surface area is 123 Å². The van der Waals surface area contributed by atoms with Gasteiger partial charge in [0.2, 0.25) is 0 Å². The number of nitrogen functional groups attached to an aromatic ring is 1. The van der Waals surface area contributed by atoms with E-state index in [4.69, 9.17) is 5.73 Å². The van der Waals surface area contributed by atoms with Crippen molar-refractivity contribution in [3.8, 4) is 11.4 Å². The summed E-state index contributed by atoms with van der Waals surface area (Å²) in [6.45, 7) is 0. The Balaban J connectivity index is 2.05. The fourth-order valence-electron chi connectivity index (χ4n) is 2.62. The molecule has 110 valence electrons. The first-order chi connectivity index (χ1) is 10.5. The van der Waals surface area contributed by atoms with Crippen LogP contribution in [0.4, 0.5) is 14.6 Å². The number of nitrogens with one attached hydrogen (secondary N) is 1. The summed E-state index contributed by atoms with van der Waals surface area (Å²) in [4.78, 5) is 11.5. The van der Waals surface area contributed by atoms with Crippen LogP contribution in [-0.4, -0.2) is 19.5 Å². The lowest BCUT2D eigenvalue weighted by atomic mass is 10.1. The molecule has 0 fully saturated rings. The van der Waals surface area contributed by atoms with Crippen LogP contribution in [0.15, 0.2) is 30.6 Å². The van der Waals surface area contributed by atoms with Crippen molar-refractivity contribution in [1.82, 2.24) is 19.5 Å². The molecule has 7 heteroatoms. The van der Waals surface area contributed by atoms with Gasteiger partial charge in [-0.25, -0.2) is 18.7 Å². The van der Waals surface area contributed by atoms with Crippen LogP contribution in [0.5, 0.6) is 0 Å². The second-order valence-electron chi connectivity index (χ2n) is 5.11. The molecule has 0 atom stereocenters. The van der Waals surface area contributed by atoms with Crippen LogP contribution in [0, 0.1) is 11.6 Å². The van der Waals surface area contributed by atoms with Gasteiger partial charge in [-0.2, -0.15) is 0 Å². The van der Waals surface area contributed by atoms with Gasteiger partial charge in [0.15, 0.2) is 5.82 Å². The third kappa shape index (κ3) is 1.68. The molecule has 0 aliphatic carbocycles. The molecule has 3 N–H and O–H groups in total. The Bertz CT molecular complexity index is 1030. The molecule has 0 bridgehead atoms. The molecular formula is C15H11F2N5. The normalized spacial score (nSPS) is 11.6. The number of nitrogens with zero attached hydrogens (tertiary/aromatic N) is 3. The van der Waals surface area contributed by atoms with Gasteiger partial charge in [0.1, 0.15) is 23.1 Å². The largest absolute Gasteiger partial charge is 0.383 e. The van der Waals surface area contributed by atoms with Crippen molar-refractivity contribution in [2.75, 3.05) is 5.73 Å². The molecule has 5 nitrogen and oxygen atoms in total. The third-order valence-electron chi connectivity index (χ3n) is 3.70. The summed E-state index contributed by atoms with van der Waals surface area (Å²) in [5.74, 6) is -0.664. The molecule has 1 aromatic carbocycles. The minimum atomic E-state index is -0.658. The summed E-state index contributed by atoms with van der Waals surface area (Å²) in [5, 5.41) is 1.12. The van der Waals surface area contributed by atoms with Crippen LogP contribution in [0.3, 0.4) is 0 Å². The number of H-pyrrole nitrogens is 1. The highest BCUT2D eigenvalue weighted by Crippen LogP contribution is 2.30. The standard InChI is InChI=1S/C15H11F2N5/c1-22-3-2-8-13(18)20-14(21-15(8)22)10-6-19-12-9(10)4-7(16)5-11(12)17/h2-6,19H,1H3,(H2,18,20,21). The molecule has 0 saturated carbocycles. The van der Waals surface area contributed by atoms with Crippen LogP contribution < -0.4 is 5.73 Å². The van der Waals surface area contributed by atoms with Crippen molar-refractivity contribution >= 4 is 27.8 Å². The van der Waals surface area contributed by atoms with E-state index in [1.54, 1.807) is 6.20 Å². The zero-order chi connectivity index (χ0) is 15.4. The van der Waals surface area contributed by atoms with Gasteiger partial charge < -0.3 is 15.3 Å². The quantitative estimate of drug-likeness (QED) is 0.567. The van der Waals surface area contributed by atoms with E-state index >= 15 is 0 Å². The van der Waals surface area contributed by atoms with Crippen molar-refractivity contribution in [2.24, 2.45) is 7.05 Å². The molecule has 4 aromatic rings. The van der Waals surface area contributed by atoms with Crippen molar-refractivity contribution in [3.05, 3.63) is 42.2 Å². The van der Waals surface area contributed by atoms with E-state index in [1.807, 2.05) is 23.9 Å². The summed E-state index contributed by atoms with van der Waals surface area (Å²) >= 11 is 0. The first kappa shape index (κ1) is 12.8.